The molecule has 2 rings (SSSR count). The normalized spacial score (nSPS) is 10.5. The van der Waals surface area contributed by atoms with Gasteiger partial charge in [-0.15, -0.1) is 10.2 Å². The Kier molecular flexibility index (Phi) is 8.88. The lowest BCUT2D eigenvalue weighted by atomic mass is 10.2. The van der Waals surface area contributed by atoms with Crippen LogP contribution in [0.3, 0.4) is 0 Å². The van der Waals surface area contributed by atoms with Gasteiger partial charge in [-0.3, -0.25) is 4.79 Å². The van der Waals surface area contributed by atoms with Gasteiger partial charge in [0.15, 0.2) is 8.68 Å². The monoisotopic (exact) mass is 410 g/mol. The number of halogens is 1. The second-order valence-corrected chi connectivity index (χ2v) is 8.80. The molecule has 0 spiro atoms. The summed E-state index contributed by atoms with van der Waals surface area (Å²) in [5, 5.41) is 17.1. The topological polar surface area (TPSA) is 69.9 Å². The Morgan fingerprint density at radius 3 is 2.62 bits per heavy atom. The van der Waals surface area contributed by atoms with Crippen LogP contribution in [0.25, 0.3) is 0 Å². The van der Waals surface area contributed by atoms with E-state index in [4.69, 9.17) is 5.26 Å². The molecule has 1 amide bonds. The van der Waals surface area contributed by atoms with E-state index >= 15 is 0 Å². The van der Waals surface area contributed by atoms with E-state index in [1.165, 1.54) is 40.1 Å². The van der Waals surface area contributed by atoms with Gasteiger partial charge in [0.25, 0.3) is 0 Å². The van der Waals surface area contributed by atoms with Crippen LogP contribution in [0.15, 0.2) is 32.9 Å². The minimum Gasteiger partial charge on any atom is -0.311 e. The minimum atomic E-state index is -0.363. The number of amides is 1. The number of carbonyl (C=O) groups excluding carboxylic acids is 1. The highest BCUT2D eigenvalue weighted by Crippen LogP contribution is 2.29. The highest BCUT2D eigenvalue weighted by molar-refractivity contribution is 8.03. The van der Waals surface area contributed by atoms with Gasteiger partial charge in [0, 0.05) is 18.0 Å². The number of carbonyl (C=O) groups is 1. The summed E-state index contributed by atoms with van der Waals surface area (Å²) < 4.78 is 14.8. The van der Waals surface area contributed by atoms with Crippen LogP contribution < -0.4 is 4.90 Å². The zero-order valence-corrected chi connectivity index (χ0v) is 16.8. The summed E-state index contributed by atoms with van der Waals surface area (Å²) in [6.07, 6.45) is 2.49. The predicted octanol–water partition coefficient (Wildman–Crippen LogP) is 4.61. The molecular formula is C17H19FN4OS3. The second-order valence-electron chi connectivity index (χ2n) is 5.25. The third-order valence-corrected chi connectivity index (χ3v) is 6.58. The van der Waals surface area contributed by atoms with Crippen molar-refractivity contribution in [1.29, 1.82) is 5.26 Å². The standard InChI is InChI=1S/C17H19FN4OS3/c1-2-3-11-24-16-20-21-17(26-16)25-12-15(23)22(10-4-9-19)14-7-5-13(18)6-8-14/h5-8H,2-4,10-12H2,1H3. The van der Waals surface area contributed by atoms with Gasteiger partial charge in [-0.05, 0) is 30.7 Å². The third-order valence-electron chi connectivity index (χ3n) is 3.32. The van der Waals surface area contributed by atoms with Gasteiger partial charge >= 0.3 is 0 Å². The molecule has 1 aromatic carbocycles. The quantitative estimate of drug-likeness (QED) is 0.421. The van der Waals surface area contributed by atoms with Crippen LogP contribution in [-0.4, -0.2) is 34.2 Å². The van der Waals surface area contributed by atoms with Crippen molar-refractivity contribution in [3.8, 4) is 6.07 Å². The molecule has 138 valence electrons. The summed E-state index contributed by atoms with van der Waals surface area (Å²) in [7, 11) is 0. The van der Waals surface area contributed by atoms with Crippen LogP contribution in [0.4, 0.5) is 10.1 Å². The number of unbranched alkanes of at least 4 members (excludes halogenated alkanes) is 1. The van der Waals surface area contributed by atoms with Crippen molar-refractivity contribution in [2.45, 2.75) is 34.9 Å². The average molecular weight is 411 g/mol. The van der Waals surface area contributed by atoms with Crippen LogP contribution in [0.5, 0.6) is 0 Å². The van der Waals surface area contributed by atoms with E-state index in [9.17, 15) is 9.18 Å². The van der Waals surface area contributed by atoms with E-state index in [1.807, 2.05) is 6.07 Å². The molecular weight excluding hydrogens is 391 g/mol. The lowest BCUT2D eigenvalue weighted by Gasteiger charge is -2.21. The molecule has 0 saturated carbocycles. The van der Waals surface area contributed by atoms with Gasteiger partial charge in [-0.2, -0.15) is 5.26 Å². The van der Waals surface area contributed by atoms with Gasteiger partial charge in [-0.1, -0.05) is 48.2 Å². The summed E-state index contributed by atoms with van der Waals surface area (Å²) in [5.41, 5.74) is 0.584. The van der Waals surface area contributed by atoms with Gasteiger partial charge in [0.1, 0.15) is 5.82 Å². The average Bonchev–Trinajstić information content (AvgIpc) is 3.10. The SMILES string of the molecule is CCCCSc1nnc(SCC(=O)N(CCC#N)c2ccc(F)cc2)s1. The number of hydrogen-bond acceptors (Lipinski definition) is 7. The molecule has 0 saturated heterocycles. The maximum absolute atomic E-state index is 13.1. The number of nitrogens with zero attached hydrogens (tertiary/aromatic N) is 4. The molecule has 0 aliphatic heterocycles. The molecule has 26 heavy (non-hydrogen) atoms. The summed E-state index contributed by atoms with van der Waals surface area (Å²) in [6, 6.07) is 7.74. The van der Waals surface area contributed by atoms with Crippen molar-refractivity contribution in [1.82, 2.24) is 10.2 Å². The summed E-state index contributed by atoms with van der Waals surface area (Å²) in [5.74, 6) is 0.697. The van der Waals surface area contributed by atoms with Gasteiger partial charge < -0.3 is 4.90 Å². The number of thioether (sulfide) groups is 2. The largest absolute Gasteiger partial charge is 0.311 e. The first kappa shape index (κ1) is 20.7. The summed E-state index contributed by atoms with van der Waals surface area (Å²) >= 11 is 4.50. The summed E-state index contributed by atoms with van der Waals surface area (Å²) in [6.45, 7) is 2.42. The van der Waals surface area contributed by atoms with Crippen molar-refractivity contribution in [2.24, 2.45) is 0 Å². The molecule has 0 unspecified atom stereocenters. The number of benzene rings is 1. The van der Waals surface area contributed by atoms with Crippen molar-refractivity contribution in [3.63, 3.8) is 0 Å². The van der Waals surface area contributed by atoms with E-state index < -0.39 is 0 Å². The molecule has 0 atom stereocenters. The lowest BCUT2D eigenvalue weighted by molar-refractivity contribution is -0.116. The van der Waals surface area contributed by atoms with Crippen LogP contribution in [0.1, 0.15) is 26.2 Å². The molecule has 2 aromatic rings. The molecule has 5 nitrogen and oxygen atoms in total. The van der Waals surface area contributed by atoms with E-state index in [1.54, 1.807) is 23.9 Å². The zero-order valence-electron chi connectivity index (χ0n) is 14.4. The number of nitriles is 1. The molecule has 0 aliphatic carbocycles. The van der Waals surface area contributed by atoms with Gasteiger partial charge in [0.2, 0.25) is 5.91 Å². The van der Waals surface area contributed by atoms with Crippen LogP contribution in [0.2, 0.25) is 0 Å². The van der Waals surface area contributed by atoms with Gasteiger partial charge in [0.05, 0.1) is 18.2 Å². The maximum Gasteiger partial charge on any atom is 0.237 e. The fourth-order valence-electron chi connectivity index (χ4n) is 2.00. The molecule has 1 aromatic heterocycles. The fraction of sp³-hybridized carbons (Fsp3) is 0.412. The number of hydrogen-bond donors (Lipinski definition) is 0. The van der Waals surface area contributed by atoms with E-state index in [0.29, 0.717) is 5.69 Å². The Labute approximate surface area is 165 Å². The number of anilines is 1. The molecule has 0 bridgehead atoms. The van der Waals surface area contributed by atoms with Crippen molar-refractivity contribution >= 4 is 46.5 Å². The van der Waals surface area contributed by atoms with E-state index in [2.05, 4.69) is 17.1 Å². The van der Waals surface area contributed by atoms with Gasteiger partial charge in [-0.25, -0.2) is 4.39 Å². The Morgan fingerprint density at radius 1 is 1.27 bits per heavy atom. The molecule has 1 heterocycles. The third kappa shape index (κ3) is 6.59. The Bertz CT molecular complexity index is 745. The Balaban J connectivity index is 1.94. The van der Waals surface area contributed by atoms with Crippen LogP contribution in [0, 0.1) is 17.1 Å². The van der Waals surface area contributed by atoms with Crippen molar-refractivity contribution < 1.29 is 9.18 Å². The first-order chi connectivity index (χ1) is 12.6. The fourth-order valence-corrected chi connectivity index (χ4v) is 5.05. The number of rotatable bonds is 10. The van der Waals surface area contributed by atoms with Crippen LogP contribution in [-0.2, 0) is 4.79 Å². The molecule has 0 fully saturated rings. The van der Waals surface area contributed by atoms with E-state index in [-0.39, 0.29) is 30.4 Å². The highest BCUT2D eigenvalue weighted by Gasteiger charge is 2.17. The highest BCUT2D eigenvalue weighted by atomic mass is 32.2. The minimum absolute atomic E-state index is 0.146. The molecule has 0 aliphatic rings. The summed E-state index contributed by atoms with van der Waals surface area (Å²) in [4.78, 5) is 14.1. The Hall–Kier alpha value is -1.63. The lowest BCUT2D eigenvalue weighted by Crippen LogP contribution is -2.33. The second kappa shape index (κ2) is 11.2. The smallest absolute Gasteiger partial charge is 0.237 e. The molecule has 0 radical (unpaired) electrons. The van der Waals surface area contributed by atoms with Crippen LogP contribution >= 0.6 is 34.9 Å². The van der Waals surface area contributed by atoms with Crippen molar-refractivity contribution in [3.05, 3.63) is 30.1 Å². The molecule has 9 heteroatoms. The van der Waals surface area contributed by atoms with E-state index in [0.717, 1.165) is 27.3 Å². The maximum atomic E-state index is 13.1. The first-order valence-electron chi connectivity index (χ1n) is 8.16. The number of aromatic nitrogens is 2. The van der Waals surface area contributed by atoms with Crippen molar-refractivity contribution in [2.75, 3.05) is 23.0 Å². The Morgan fingerprint density at radius 2 is 1.96 bits per heavy atom. The first-order valence-corrected chi connectivity index (χ1v) is 10.9. The predicted molar refractivity (Wildman–Crippen MR) is 105 cm³/mol. The molecule has 0 N–H and O–H groups in total. The zero-order chi connectivity index (χ0) is 18.8.